The zero-order valence-corrected chi connectivity index (χ0v) is 23.2. The number of unbranched alkanes of at least 4 members (excludes halogenated alkanes) is 4. The fourth-order valence-corrected chi connectivity index (χ4v) is 4.23. The molecular weight excluding hydrogens is 466 g/mol. The molecule has 0 radical (unpaired) electrons. The molecule has 0 bridgehead atoms. The highest BCUT2D eigenvalue weighted by Gasteiger charge is 2.24. The Morgan fingerprint density at radius 3 is 1.62 bits per heavy atom. The zero-order chi connectivity index (χ0) is 27.5. The van der Waals surface area contributed by atoms with Crippen molar-refractivity contribution in [2.24, 2.45) is 0 Å². The third-order valence-electron chi connectivity index (χ3n) is 6.44. The van der Waals surface area contributed by atoms with Gasteiger partial charge in [0.15, 0.2) is 0 Å². The number of para-hydroxylation sites is 1. The van der Waals surface area contributed by atoms with Crippen molar-refractivity contribution in [3.8, 4) is 5.75 Å². The van der Waals surface area contributed by atoms with Gasteiger partial charge in [-0.1, -0.05) is 83.4 Å². The monoisotopic (exact) mass is 513 g/mol. The maximum atomic E-state index is 11.7. The Morgan fingerprint density at radius 1 is 0.730 bits per heavy atom. The highest BCUT2D eigenvalue weighted by molar-refractivity contribution is 6.01. The van der Waals surface area contributed by atoms with Gasteiger partial charge in [-0.3, -0.25) is 0 Å². The molecule has 2 aromatic rings. The van der Waals surface area contributed by atoms with Crippen LogP contribution in [0.2, 0.25) is 0 Å². The molecule has 0 aliphatic rings. The molecule has 0 atom stereocenters. The number of carboxylic acid groups (broad SMARTS) is 1. The van der Waals surface area contributed by atoms with Crippen LogP contribution in [-0.2, 0) is 0 Å². The van der Waals surface area contributed by atoms with E-state index in [2.05, 4.69) is 38.3 Å². The van der Waals surface area contributed by atoms with Crippen molar-refractivity contribution in [2.75, 3.05) is 36.8 Å². The fraction of sp³-hybridized carbons (Fsp3) is 0.533. The molecule has 0 aliphatic heterocycles. The van der Waals surface area contributed by atoms with Gasteiger partial charge in [-0.2, -0.15) is 0 Å². The van der Waals surface area contributed by atoms with Crippen molar-refractivity contribution in [3.63, 3.8) is 0 Å². The molecule has 37 heavy (non-hydrogen) atoms. The van der Waals surface area contributed by atoms with Gasteiger partial charge in [-0.15, -0.1) is 0 Å². The number of carbonyl (C=O) groups is 2. The lowest BCUT2D eigenvalue weighted by molar-refractivity contribution is -0.929. The zero-order valence-electron chi connectivity index (χ0n) is 23.2. The van der Waals surface area contributed by atoms with Crippen LogP contribution < -0.4 is 15.7 Å². The van der Waals surface area contributed by atoms with Crippen molar-refractivity contribution in [2.45, 2.75) is 79.1 Å². The van der Waals surface area contributed by atoms with Gasteiger partial charge >= 0.3 is 12.0 Å². The number of hydrogen-bond acceptors (Lipinski definition) is 3. The van der Waals surface area contributed by atoms with Gasteiger partial charge in [0.2, 0.25) is 0 Å². The van der Waals surface area contributed by atoms with Gasteiger partial charge in [0.1, 0.15) is 0 Å². The molecule has 2 amide bonds. The minimum atomic E-state index is -1.33. The summed E-state index contributed by atoms with van der Waals surface area (Å²) in [6.45, 7) is 15.0. The number of urea groups is 1. The standard InChI is InChI=1S/C16H36N.C14H12N2O4/c1-5-9-13-17(14-10-6-2,15-11-7-3)16-12-8-4;17-12-7-6-10(8-11(12)13(18)19)16-14(20)15-9-4-2-1-3-5-9/h5-16H2,1-4H3;1-8,17H,(H,18,19)(H2,15,16,20)/q+1;/p-1. The predicted molar refractivity (Wildman–Crippen MR) is 151 cm³/mol. The number of hydrogen-bond donors (Lipinski definition) is 3. The van der Waals surface area contributed by atoms with Crippen LogP contribution in [-0.4, -0.2) is 47.8 Å². The van der Waals surface area contributed by atoms with Crippen molar-refractivity contribution in [3.05, 3.63) is 54.1 Å². The minimum Gasteiger partial charge on any atom is -0.872 e. The first-order chi connectivity index (χ1) is 17.8. The minimum absolute atomic E-state index is 0.232. The number of nitrogens with zero attached hydrogens (tertiary/aromatic N) is 1. The molecule has 3 N–H and O–H groups in total. The number of quaternary nitrogens is 1. The van der Waals surface area contributed by atoms with Crippen LogP contribution in [0.1, 0.15) is 89.4 Å². The van der Waals surface area contributed by atoms with Gasteiger partial charge in [0.05, 0.1) is 31.7 Å². The molecule has 2 rings (SSSR count). The largest absolute Gasteiger partial charge is 0.872 e. The Labute approximate surface area is 223 Å². The lowest BCUT2D eigenvalue weighted by atomic mass is 10.1. The van der Waals surface area contributed by atoms with E-state index >= 15 is 0 Å². The molecule has 7 heteroatoms. The Bertz CT molecular complexity index is 881. The molecule has 0 saturated carbocycles. The lowest BCUT2D eigenvalue weighted by Gasteiger charge is -2.39. The lowest BCUT2D eigenvalue weighted by Crippen LogP contribution is -2.50. The average molecular weight is 514 g/mol. The second kappa shape index (κ2) is 18.2. The number of benzene rings is 2. The number of nitrogens with one attached hydrogen (secondary N) is 2. The van der Waals surface area contributed by atoms with Crippen molar-refractivity contribution in [1.29, 1.82) is 0 Å². The Balaban J connectivity index is 0.000000377. The van der Waals surface area contributed by atoms with Crippen LogP contribution in [0.5, 0.6) is 5.75 Å². The van der Waals surface area contributed by atoms with Crippen LogP contribution in [0.4, 0.5) is 16.2 Å². The van der Waals surface area contributed by atoms with Gasteiger partial charge in [-0.05, 0) is 49.9 Å². The van der Waals surface area contributed by atoms with E-state index < -0.39 is 17.7 Å². The normalized spacial score (nSPS) is 10.8. The van der Waals surface area contributed by atoms with E-state index in [4.69, 9.17) is 5.11 Å². The summed E-state index contributed by atoms with van der Waals surface area (Å²) >= 11 is 0. The fourth-order valence-electron chi connectivity index (χ4n) is 4.23. The third-order valence-corrected chi connectivity index (χ3v) is 6.44. The molecule has 0 fully saturated rings. The summed E-state index contributed by atoms with van der Waals surface area (Å²) in [5.74, 6) is -1.94. The molecule has 0 heterocycles. The third kappa shape index (κ3) is 12.6. The Morgan fingerprint density at radius 2 is 1.19 bits per heavy atom. The van der Waals surface area contributed by atoms with E-state index in [9.17, 15) is 14.7 Å². The van der Waals surface area contributed by atoms with Crippen LogP contribution in [0.15, 0.2) is 48.5 Å². The van der Waals surface area contributed by atoms with Gasteiger partial charge < -0.3 is 25.3 Å². The summed E-state index contributed by atoms with van der Waals surface area (Å²) < 4.78 is 1.42. The first kappa shape index (κ1) is 32.0. The summed E-state index contributed by atoms with van der Waals surface area (Å²) in [4.78, 5) is 22.5. The number of aromatic carboxylic acids is 1. The molecule has 0 saturated heterocycles. The first-order valence-electron chi connectivity index (χ1n) is 13.8. The van der Waals surface area contributed by atoms with E-state index in [1.165, 1.54) is 88.1 Å². The number of carboxylic acids is 1. The molecule has 0 spiro atoms. The van der Waals surface area contributed by atoms with Crippen LogP contribution in [0, 0.1) is 0 Å². The van der Waals surface area contributed by atoms with Crippen molar-refractivity contribution < 1.29 is 24.3 Å². The van der Waals surface area contributed by atoms with Gasteiger partial charge in [0, 0.05) is 11.4 Å². The topological polar surface area (TPSA) is 101 Å². The SMILES string of the molecule is CCCC[N+](CCCC)(CCCC)CCCC.O=C(Nc1ccccc1)Nc1ccc([O-])c(C(=O)O)c1. The number of rotatable bonds is 15. The van der Waals surface area contributed by atoms with Crippen LogP contribution in [0.3, 0.4) is 0 Å². The maximum Gasteiger partial charge on any atom is 0.335 e. The Kier molecular flexibility index (Phi) is 15.7. The second-order valence-corrected chi connectivity index (χ2v) is 9.61. The number of carbonyl (C=O) groups excluding carboxylic acids is 1. The smallest absolute Gasteiger partial charge is 0.335 e. The number of anilines is 2. The second-order valence-electron chi connectivity index (χ2n) is 9.61. The quantitative estimate of drug-likeness (QED) is 0.221. The maximum absolute atomic E-state index is 11.7. The molecule has 0 unspecified atom stereocenters. The molecule has 2 aromatic carbocycles. The summed E-state index contributed by atoms with van der Waals surface area (Å²) in [6, 6.07) is 11.8. The van der Waals surface area contributed by atoms with Gasteiger partial charge in [-0.25, -0.2) is 9.59 Å². The van der Waals surface area contributed by atoms with Crippen molar-refractivity contribution >= 4 is 23.4 Å². The molecule has 206 valence electrons. The van der Waals surface area contributed by atoms with E-state index in [0.29, 0.717) is 5.69 Å². The van der Waals surface area contributed by atoms with E-state index in [-0.39, 0.29) is 11.3 Å². The molecule has 0 aliphatic carbocycles. The van der Waals surface area contributed by atoms with E-state index in [0.717, 1.165) is 12.1 Å². The predicted octanol–water partition coefficient (Wildman–Crippen LogP) is 7.11. The first-order valence-corrected chi connectivity index (χ1v) is 13.8. The summed E-state index contributed by atoms with van der Waals surface area (Å²) in [6.07, 6.45) is 11.1. The summed E-state index contributed by atoms with van der Waals surface area (Å²) in [5.41, 5.74) is 0.446. The van der Waals surface area contributed by atoms with E-state index in [1.54, 1.807) is 24.3 Å². The molecular formula is C30H47N3O4. The molecule has 0 aromatic heterocycles. The van der Waals surface area contributed by atoms with E-state index in [1.807, 2.05) is 6.07 Å². The van der Waals surface area contributed by atoms with Crippen molar-refractivity contribution in [1.82, 2.24) is 0 Å². The Hall–Kier alpha value is -3.06. The molecule has 7 nitrogen and oxygen atoms in total. The average Bonchev–Trinajstić information content (AvgIpc) is 2.89. The number of amides is 2. The van der Waals surface area contributed by atoms with Crippen LogP contribution >= 0.6 is 0 Å². The highest BCUT2D eigenvalue weighted by Crippen LogP contribution is 2.19. The van der Waals surface area contributed by atoms with Gasteiger partial charge in [0.25, 0.3) is 0 Å². The summed E-state index contributed by atoms with van der Waals surface area (Å²) in [5, 5.41) is 25.2. The summed E-state index contributed by atoms with van der Waals surface area (Å²) in [7, 11) is 0. The highest BCUT2D eigenvalue weighted by atomic mass is 16.4. The van der Waals surface area contributed by atoms with Crippen LogP contribution in [0.25, 0.3) is 0 Å².